The molecule has 0 aliphatic carbocycles. The van der Waals surface area contributed by atoms with Crippen LogP contribution in [0.15, 0.2) is 0 Å². The lowest BCUT2D eigenvalue weighted by Gasteiger charge is -2.38. The molecular formula is C10H16O5. The summed E-state index contributed by atoms with van der Waals surface area (Å²) >= 11 is 0. The van der Waals surface area contributed by atoms with Gasteiger partial charge in [-0.15, -0.1) is 0 Å². The SMILES string of the molecule is C[C@@H]1CC(CC(=O)O)(C(=O)O)C[C@@H](C)O1. The van der Waals surface area contributed by atoms with E-state index < -0.39 is 17.4 Å². The average molecular weight is 216 g/mol. The molecule has 1 aliphatic heterocycles. The molecular weight excluding hydrogens is 200 g/mol. The van der Waals surface area contributed by atoms with E-state index in [0.717, 1.165) is 0 Å². The van der Waals surface area contributed by atoms with E-state index in [9.17, 15) is 9.59 Å². The van der Waals surface area contributed by atoms with Gasteiger partial charge in [-0.05, 0) is 26.7 Å². The molecule has 0 aromatic heterocycles. The first-order valence-electron chi connectivity index (χ1n) is 4.96. The van der Waals surface area contributed by atoms with E-state index in [1.807, 2.05) is 0 Å². The van der Waals surface area contributed by atoms with E-state index in [-0.39, 0.29) is 31.5 Å². The normalized spacial score (nSPS) is 36.1. The van der Waals surface area contributed by atoms with Crippen LogP contribution in [0.3, 0.4) is 0 Å². The molecule has 1 heterocycles. The Morgan fingerprint density at radius 2 is 1.73 bits per heavy atom. The third-order valence-electron chi connectivity index (χ3n) is 2.76. The first-order valence-corrected chi connectivity index (χ1v) is 4.96. The number of aliphatic carboxylic acids is 2. The maximum Gasteiger partial charge on any atom is 0.310 e. The molecule has 2 atom stereocenters. The minimum absolute atomic E-state index is 0.204. The highest BCUT2D eigenvalue weighted by atomic mass is 16.5. The zero-order valence-corrected chi connectivity index (χ0v) is 8.90. The van der Waals surface area contributed by atoms with E-state index in [4.69, 9.17) is 14.9 Å². The fourth-order valence-corrected chi connectivity index (χ4v) is 2.36. The standard InChI is InChI=1S/C10H16O5/c1-6-3-10(9(13)14,5-8(11)12)4-7(2)15-6/h6-7H,3-5H2,1-2H3,(H,11,12)(H,13,14)/t6-,7-/m1/s1. The Labute approximate surface area is 88.0 Å². The third-order valence-corrected chi connectivity index (χ3v) is 2.76. The molecule has 5 nitrogen and oxygen atoms in total. The number of ether oxygens (including phenoxy) is 1. The summed E-state index contributed by atoms with van der Waals surface area (Å²) in [4.78, 5) is 21.9. The fraction of sp³-hybridized carbons (Fsp3) is 0.800. The minimum Gasteiger partial charge on any atom is -0.481 e. The Bertz CT molecular complexity index is 263. The molecule has 5 heteroatoms. The van der Waals surface area contributed by atoms with E-state index in [1.165, 1.54) is 0 Å². The second-order valence-corrected chi connectivity index (χ2v) is 4.32. The first-order chi connectivity index (χ1) is 6.85. The Kier molecular flexibility index (Phi) is 3.34. The largest absolute Gasteiger partial charge is 0.481 e. The van der Waals surface area contributed by atoms with Gasteiger partial charge < -0.3 is 14.9 Å². The maximum absolute atomic E-state index is 11.2. The molecule has 0 radical (unpaired) electrons. The molecule has 86 valence electrons. The van der Waals surface area contributed by atoms with Gasteiger partial charge in [0.15, 0.2) is 0 Å². The smallest absolute Gasteiger partial charge is 0.310 e. The van der Waals surface area contributed by atoms with Crippen molar-refractivity contribution in [2.24, 2.45) is 5.41 Å². The van der Waals surface area contributed by atoms with Gasteiger partial charge in [0.2, 0.25) is 0 Å². The van der Waals surface area contributed by atoms with Crippen LogP contribution in [0.1, 0.15) is 33.1 Å². The van der Waals surface area contributed by atoms with Crippen molar-refractivity contribution in [3.8, 4) is 0 Å². The fourth-order valence-electron chi connectivity index (χ4n) is 2.36. The molecule has 0 spiro atoms. The highest BCUT2D eigenvalue weighted by molar-refractivity contribution is 5.81. The van der Waals surface area contributed by atoms with Gasteiger partial charge in [-0.25, -0.2) is 0 Å². The van der Waals surface area contributed by atoms with Crippen molar-refractivity contribution < 1.29 is 24.5 Å². The molecule has 0 amide bonds. The van der Waals surface area contributed by atoms with E-state index in [0.29, 0.717) is 0 Å². The molecule has 2 N–H and O–H groups in total. The molecule has 1 rings (SSSR count). The summed E-state index contributed by atoms with van der Waals surface area (Å²) in [5.41, 5.74) is -1.16. The van der Waals surface area contributed by atoms with Crippen LogP contribution in [-0.4, -0.2) is 34.4 Å². The highest BCUT2D eigenvalue weighted by Crippen LogP contribution is 2.39. The van der Waals surface area contributed by atoms with Crippen molar-refractivity contribution in [1.29, 1.82) is 0 Å². The monoisotopic (exact) mass is 216 g/mol. The number of carboxylic acids is 2. The van der Waals surface area contributed by atoms with Crippen LogP contribution in [0.4, 0.5) is 0 Å². The van der Waals surface area contributed by atoms with Crippen molar-refractivity contribution in [3.05, 3.63) is 0 Å². The number of hydrogen-bond acceptors (Lipinski definition) is 3. The van der Waals surface area contributed by atoms with Gasteiger partial charge >= 0.3 is 11.9 Å². The predicted molar refractivity (Wildman–Crippen MR) is 51.6 cm³/mol. The molecule has 1 saturated heterocycles. The van der Waals surface area contributed by atoms with Crippen LogP contribution in [0.25, 0.3) is 0 Å². The Morgan fingerprint density at radius 1 is 1.27 bits per heavy atom. The lowest BCUT2D eigenvalue weighted by molar-refractivity contribution is -0.170. The van der Waals surface area contributed by atoms with Gasteiger partial charge in [0.1, 0.15) is 0 Å². The topological polar surface area (TPSA) is 83.8 Å². The number of hydrogen-bond donors (Lipinski definition) is 2. The third kappa shape index (κ3) is 2.68. The van der Waals surface area contributed by atoms with E-state index >= 15 is 0 Å². The number of rotatable bonds is 3. The summed E-state index contributed by atoms with van der Waals surface area (Å²) in [7, 11) is 0. The van der Waals surface area contributed by atoms with Crippen LogP contribution >= 0.6 is 0 Å². The predicted octanol–water partition coefficient (Wildman–Crippen LogP) is 1.12. The maximum atomic E-state index is 11.2. The van der Waals surface area contributed by atoms with Gasteiger partial charge in [-0.1, -0.05) is 0 Å². The van der Waals surface area contributed by atoms with Crippen molar-refractivity contribution in [1.82, 2.24) is 0 Å². The van der Waals surface area contributed by atoms with Crippen molar-refractivity contribution in [3.63, 3.8) is 0 Å². The molecule has 0 aromatic rings. The first kappa shape index (κ1) is 12.0. The van der Waals surface area contributed by atoms with Gasteiger partial charge in [-0.3, -0.25) is 9.59 Å². The summed E-state index contributed by atoms with van der Waals surface area (Å²) in [6, 6.07) is 0. The van der Waals surface area contributed by atoms with Crippen molar-refractivity contribution >= 4 is 11.9 Å². The van der Waals surface area contributed by atoms with Gasteiger partial charge in [0.25, 0.3) is 0 Å². The molecule has 0 unspecified atom stereocenters. The summed E-state index contributed by atoms with van der Waals surface area (Å²) in [5.74, 6) is -2.11. The Morgan fingerprint density at radius 3 is 2.07 bits per heavy atom. The summed E-state index contributed by atoms with van der Waals surface area (Å²) in [5, 5.41) is 17.9. The Balaban J connectivity index is 2.89. The summed E-state index contributed by atoms with van der Waals surface area (Å²) in [6.07, 6.45) is -0.216. The van der Waals surface area contributed by atoms with Gasteiger partial charge in [-0.2, -0.15) is 0 Å². The number of carboxylic acid groups (broad SMARTS) is 2. The molecule has 1 fully saturated rings. The lowest BCUT2D eigenvalue weighted by atomic mass is 9.73. The van der Waals surface area contributed by atoms with Crippen LogP contribution < -0.4 is 0 Å². The Hall–Kier alpha value is -1.10. The van der Waals surface area contributed by atoms with E-state index in [2.05, 4.69) is 0 Å². The van der Waals surface area contributed by atoms with Crippen LogP contribution in [-0.2, 0) is 14.3 Å². The minimum atomic E-state index is -1.16. The average Bonchev–Trinajstić information content (AvgIpc) is 1.99. The summed E-state index contributed by atoms with van der Waals surface area (Å²) < 4.78 is 5.42. The van der Waals surface area contributed by atoms with Crippen LogP contribution in [0.5, 0.6) is 0 Å². The van der Waals surface area contributed by atoms with Crippen LogP contribution in [0.2, 0.25) is 0 Å². The second kappa shape index (κ2) is 4.18. The number of carbonyl (C=O) groups is 2. The molecule has 15 heavy (non-hydrogen) atoms. The highest BCUT2D eigenvalue weighted by Gasteiger charge is 2.46. The second-order valence-electron chi connectivity index (χ2n) is 4.32. The molecule has 0 saturated carbocycles. The molecule has 1 aliphatic rings. The molecule has 0 aromatic carbocycles. The van der Waals surface area contributed by atoms with Crippen molar-refractivity contribution in [2.75, 3.05) is 0 Å². The van der Waals surface area contributed by atoms with Gasteiger partial charge in [0.05, 0.1) is 24.0 Å². The molecule has 0 bridgehead atoms. The van der Waals surface area contributed by atoms with Crippen molar-refractivity contribution in [2.45, 2.75) is 45.3 Å². The van der Waals surface area contributed by atoms with Gasteiger partial charge in [0, 0.05) is 0 Å². The quantitative estimate of drug-likeness (QED) is 0.738. The lowest BCUT2D eigenvalue weighted by Crippen LogP contribution is -2.44. The zero-order valence-electron chi connectivity index (χ0n) is 8.90. The van der Waals surface area contributed by atoms with E-state index in [1.54, 1.807) is 13.8 Å². The zero-order chi connectivity index (χ0) is 11.6. The van der Waals surface area contributed by atoms with Crippen LogP contribution in [0, 0.1) is 5.41 Å². The summed E-state index contributed by atoms with van der Waals surface area (Å²) in [6.45, 7) is 3.55.